The number of halogens is 2. The molecule has 1 aromatic carbocycles. The van der Waals surface area contributed by atoms with Crippen molar-refractivity contribution in [2.45, 2.75) is 31.7 Å². The van der Waals surface area contributed by atoms with E-state index in [-0.39, 0.29) is 17.5 Å². The van der Waals surface area contributed by atoms with Crippen LogP contribution in [-0.2, 0) is 0 Å². The number of rotatable bonds is 5. The highest BCUT2D eigenvalue weighted by molar-refractivity contribution is 6.30. The average Bonchev–Trinajstić information content (AvgIpc) is 3.29. The SMILES string of the molecule is O=C(c1c(F)cccc1-n1nccn1)N1CCC2(CC2)C[C@H]1CNc1ccc(Cl)cn1. The van der Waals surface area contributed by atoms with E-state index in [0.29, 0.717) is 35.0 Å². The summed E-state index contributed by atoms with van der Waals surface area (Å²) in [6, 6.07) is 8.03. The number of pyridine rings is 1. The number of carbonyl (C=O) groups is 1. The van der Waals surface area contributed by atoms with Crippen LogP contribution in [-0.4, -0.2) is 49.9 Å². The maximum atomic E-state index is 14.9. The first-order valence-electron chi connectivity index (χ1n) is 10.4. The Labute approximate surface area is 184 Å². The molecule has 3 heterocycles. The largest absolute Gasteiger partial charge is 0.368 e. The van der Waals surface area contributed by atoms with Crippen LogP contribution >= 0.6 is 11.6 Å². The van der Waals surface area contributed by atoms with Crippen molar-refractivity contribution in [3.05, 3.63) is 65.3 Å². The van der Waals surface area contributed by atoms with Crippen molar-refractivity contribution in [2.75, 3.05) is 18.4 Å². The quantitative estimate of drug-likeness (QED) is 0.650. The second-order valence-corrected chi connectivity index (χ2v) is 8.74. The third-order valence-electron chi connectivity index (χ3n) is 6.30. The topological polar surface area (TPSA) is 75.9 Å². The fourth-order valence-corrected chi connectivity index (χ4v) is 4.52. The lowest BCUT2D eigenvalue weighted by molar-refractivity contribution is 0.0541. The van der Waals surface area contributed by atoms with Gasteiger partial charge in [0.05, 0.1) is 17.4 Å². The highest BCUT2D eigenvalue weighted by Gasteiger charge is 2.49. The Hall–Kier alpha value is -3.00. The second-order valence-electron chi connectivity index (χ2n) is 8.30. The van der Waals surface area contributed by atoms with Gasteiger partial charge in [-0.3, -0.25) is 4.79 Å². The Morgan fingerprint density at radius 1 is 1.19 bits per heavy atom. The van der Waals surface area contributed by atoms with Crippen molar-refractivity contribution in [3.8, 4) is 5.69 Å². The number of hydrogen-bond acceptors (Lipinski definition) is 5. The van der Waals surface area contributed by atoms with E-state index in [0.717, 1.165) is 12.8 Å². The van der Waals surface area contributed by atoms with Gasteiger partial charge in [-0.15, -0.1) is 0 Å². The second kappa shape index (κ2) is 7.92. The van der Waals surface area contributed by atoms with Gasteiger partial charge in [0.1, 0.15) is 22.9 Å². The van der Waals surface area contributed by atoms with E-state index < -0.39 is 5.82 Å². The van der Waals surface area contributed by atoms with E-state index in [9.17, 15) is 9.18 Å². The number of carbonyl (C=O) groups excluding carboxylic acids is 1. The van der Waals surface area contributed by atoms with Gasteiger partial charge in [-0.25, -0.2) is 9.37 Å². The Kier molecular flexibility index (Phi) is 5.09. The molecule has 2 aliphatic rings. The lowest BCUT2D eigenvalue weighted by Crippen LogP contribution is -2.50. The number of benzene rings is 1. The zero-order valence-corrected chi connectivity index (χ0v) is 17.6. The van der Waals surface area contributed by atoms with E-state index in [1.165, 1.54) is 36.1 Å². The molecule has 9 heteroatoms. The van der Waals surface area contributed by atoms with Gasteiger partial charge in [0.15, 0.2) is 0 Å². The molecule has 1 amide bonds. The number of nitrogens with one attached hydrogen (secondary N) is 1. The maximum absolute atomic E-state index is 14.9. The van der Waals surface area contributed by atoms with Gasteiger partial charge < -0.3 is 10.2 Å². The molecule has 1 saturated carbocycles. The van der Waals surface area contributed by atoms with Crippen LogP contribution < -0.4 is 5.32 Å². The summed E-state index contributed by atoms with van der Waals surface area (Å²) >= 11 is 5.92. The maximum Gasteiger partial charge on any atom is 0.259 e. The first-order valence-corrected chi connectivity index (χ1v) is 10.7. The number of hydrogen-bond donors (Lipinski definition) is 1. The molecule has 1 N–H and O–H groups in total. The molecule has 1 saturated heterocycles. The molecule has 1 spiro atoms. The van der Waals surface area contributed by atoms with E-state index in [1.807, 2.05) is 6.07 Å². The van der Waals surface area contributed by atoms with E-state index in [1.54, 1.807) is 29.3 Å². The predicted octanol–water partition coefficient (Wildman–Crippen LogP) is 3.95. The van der Waals surface area contributed by atoms with Gasteiger partial charge in [-0.05, 0) is 55.4 Å². The zero-order chi connectivity index (χ0) is 21.4. The lowest BCUT2D eigenvalue weighted by Gasteiger charge is -2.40. The lowest BCUT2D eigenvalue weighted by atomic mass is 9.87. The molecule has 0 bridgehead atoms. The Morgan fingerprint density at radius 3 is 2.71 bits per heavy atom. The minimum Gasteiger partial charge on any atom is -0.368 e. The van der Waals surface area contributed by atoms with E-state index in [4.69, 9.17) is 11.6 Å². The van der Waals surface area contributed by atoms with Crippen molar-refractivity contribution in [1.82, 2.24) is 24.9 Å². The van der Waals surface area contributed by atoms with Crippen LogP contribution in [0, 0.1) is 11.2 Å². The number of piperidine rings is 1. The van der Waals surface area contributed by atoms with Gasteiger partial charge in [-0.2, -0.15) is 15.0 Å². The molecule has 160 valence electrons. The molecular formula is C22H22ClFN6O. The summed E-state index contributed by atoms with van der Waals surface area (Å²) in [5.74, 6) is -0.214. The van der Waals surface area contributed by atoms with Crippen LogP contribution in [0.15, 0.2) is 48.9 Å². The molecule has 5 rings (SSSR count). The van der Waals surface area contributed by atoms with Crippen molar-refractivity contribution >= 4 is 23.3 Å². The predicted molar refractivity (Wildman–Crippen MR) is 115 cm³/mol. The highest BCUT2D eigenvalue weighted by Crippen LogP contribution is 2.55. The summed E-state index contributed by atoms with van der Waals surface area (Å²) in [6.07, 6.45) is 8.80. The molecular weight excluding hydrogens is 419 g/mol. The normalized spacial score (nSPS) is 19.4. The van der Waals surface area contributed by atoms with Crippen molar-refractivity contribution in [1.29, 1.82) is 0 Å². The summed E-state index contributed by atoms with van der Waals surface area (Å²) in [4.78, 5) is 20.9. The van der Waals surface area contributed by atoms with Gasteiger partial charge in [0, 0.05) is 25.3 Å². The smallest absolute Gasteiger partial charge is 0.259 e. The van der Waals surface area contributed by atoms with Crippen LogP contribution in [0.1, 0.15) is 36.0 Å². The third kappa shape index (κ3) is 3.99. The standard InChI is InChI=1S/C22H22ClFN6O/c23-15-4-5-19(25-13-15)26-14-16-12-22(6-7-22)8-11-29(16)21(31)20-17(24)2-1-3-18(20)30-27-9-10-28-30/h1-5,9-10,13,16H,6-8,11-12,14H2,(H,25,26)/t16-/m0/s1. The van der Waals surface area contributed by atoms with Gasteiger partial charge in [-0.1, -0.05) is 17.7 Å². The molecule has 0 unspecified atom stereocenters. The fourth-order valence-electron chi connectivity index (χ4n) is 4.41. The molecule has 2 aromatic heterocycles. The van der Waals surface area contributed by atoms with Crippen molar-refractivity contribution in [2.24, 2.45) is 5.41 Å². The van der Waals surface area contributed by atoms with Crippen molar-refractivity contribution in [3.63, 3.8) is 0 Å². The van der Waals surface area contributed by atoms with E-state index >= 15 is 0 Å². The summed E-state index contributed by atoms with van der Waals surface area (Å²) in [5, 5.41) is 12.1. The van der Waals surface area contributed by atoms with Gasteiger partial charge in [0.2, 0.25) is 0 Å². The minimum atomic E-state index is -0.572. The molecule has 1 aliphatic heterocycles. The molecule has 7 nitrogen and oxygen atoms in total. The van der Waals surface area contributed by atoms with Crippen LogP contribution in [0.3, 0.4) is 0 Å². The molecule has 3 aromatic rings. The first kappa shape index (κ1) is 19.9. The van der Waals surface area contributed by atoms with Crippen LogP contribution in [0.25, 0.3) is 5.69 Å². The highest BCUT2D eigenvalue weighted by atomic mass is 35.5. The molecule has 0 radical (unpaired) electrons. The van der Waals surface area contributed by atoms with Crippen LogP contribution in [0.2, 0.25) is 5.02 Å². The number of aromatic nitrogens is 4. The Morgan fingerprint density at radius 2 is 2.00 bits per heavy atom. The Balaban J connectivity index is 1.42. The molecule has 2 fully saturated rings. The summed E-state index contributed by atoms with van der Waals surface area (Å²) in [7, 11) is 0. The Bertz CT molecular complexity index is 1080. The minimum absolute atomic E-state index is 0.0000601. The molecule has 1 aliphatic carbocycles. The summed E-state index contributed by atoms with van der Waals surface area (Å²) in [6.45, 7) is 1.13. The summed E-state index contributed by atoms with van der Waals surface area (Å²) in [5.41, 5.74) is 0.658. The number of amides is 1. The van der Waals surface area contributed by atoms with Crippen molar-refractivity contribution < 1.29 is 9.18 Å². The average molecular weight is 441 g/mol. The zero-order valence-electron chi connectivity index (χ0n) is 16.8. The molecule has 31 heavy (non-hydrogen) atoms. The van der Waals surface area contributed by atoms with E-state index in [2.05, 4.69) is 20.5 Å². The van der Waals surface area contributed by atoms with Gasteiger partial charge in [0.25, 0.3) is 5.91 Å². The number of anilines is 1. The monoisotopic (exact) mass is 440 g/mol. The molecule has 1 atom stereocenters. The van der Waals surface area contributed by atoms with Crippen LogP contribution in [0.4, 0.5) is 10.2 Å². The third-order valence-corrected chi connectivity index (χ3v) is 6.52. The number of nitrogens with zero attached hydrogens (tertiary/aromatic N) is 5. The van der Waals surface area contributed by atoms with Crippen LogP contribution in [0.5, 0.6) is 0 Å². The summed E-state index contributed by atoms with van der Waals surface area (Å²) < 4.78 is 14.9. The fraction of sp³-hybridized carbons (Fsp3) is 0.364. The number of likely N-dealkylation sites (tertiary alicyclic amines) is 1. The first-order chi connectivity index (χ1) is 15.0. The van der Waals surface area contributed by atoms with Gasteiger partial charge >= 0.3 is 0 Å².